The SMILES string of the molecule is Cl.FC(F)(F)OC1CCNCC1.O=C(CCc1cc(Br)c(F)cn1)[C@@H]1C[C@@H](F)CN1S(=O)(=O)c1ccc(F)cc1.O=C(CCc1cc(N2CCC(OC(F)(F)F)CC2)c(F)cn1)[C@@H]1C[C@@H](F)CN1S(=O)(=O)c1ccc(F)cc1. The van der Waals surface area contributed by atoms with Gasteiger partial charge in [0, 0.05) is 63.3 Å². The van der Waals surface area contributed by atoms with Gasteiger partial charge in [0.15, 0.2) is 23.2 Å². The van der Waals surface area contributed by atoms with Crippen molar-refractivity contribution in [3.63, 3.8) is 0 Å². The molecule has 0 bridgehead atoms. The van der Waals surface area contributed by atoms with Crippen LogP contribution in [0.15, 0.2) is 87.3 Å². The van der Waals surface area contributed by atoms with Crippen molar-refractivity contribution in [1.82, 2.24) is 23.9 Å². The first-order valence-electron chi connectivity index (χ1n) is 23.9. The lowest BCUT2D eigenvalue weighted by Crippen LogP contribution is -2.40. The largest absolute Gasteiger partial charge is 0.522 e. The number of rotatable bonds is 15. The maximum absolute atomic E-state index is 14.5. The summed E-state index contributed by atoms with van der Waals surface area (Å²) in [6.07, 6.45) is -11.6. The summed E-state index contributed by atoms with van der Waals surface area (Å²) in [5.41, 5.74) is 0.883. The minimum absolute atomic E-state index is 0. The van der Waals surface area contributed by atoms with Crippen LogP contribution in [0.5, 0.6) is 0 Å². The number of Topliss-reactive ketones (excluding diaryl/α,β-unsaturated/α-hetero) is 2. The van der Waals surface area contributed by atoms with E-state index in [-0.39, 0.29) is 96.8 Å². The Morgan fingerprint density at radius 3 is 1.44 bits per heavy atom. The first-order valence-corrected chi connectivity index (χ1v) is 27.5. The van der Waals surface area contributed by atoms with Gasteiger partial charge in [0.2, 0.25) is 20.0 Å². The number of piperidine rings is 2. The summed E-state index contributed by atoms with van der Waals surface area (Å²) in [6.45, 7) is 0.521. The number of hydrogen-bond acceptors (Lipinski definition) is 12. The number of aromatic nitrogens is 2. The number of pyridine rings is 2. The Morgan fingerprint density at radius 2 is 1.03 bits per heavy atom. The van der Waals surface area contributed by atoms with Crippen LogP contribution in [-0.2, 0) is 52.0 Å². The molecule has 2 aromatic heterocycles. The molecule has 30 heteroatoms. The number of alkyl halides is 8. The molecule has 14 nitrogen and oxygen atoms in total. The lowest BCUT2D eigenvalue weighted by atomic mass is 10.0. The van der Waals surface area contributed by atoms with E-state index in [0.717, 1.165) is 69.5 Å². The molecule has 4 saturated heterocycles. The van der Waals surface area contributed by atoms with Gasteiger partial charge in [-0.15, -0.1) is 38.7 Å². The first-order chi connectivity index (χ1) is 36.1. The van der Waals surface area contributed by atoms with Crippen LogP contribution in [0.2, 0.25) is 0 Å². The summed E-state index contributed by atoms with van der Waals surface area (Å²) < 4.78 is 216. The molecule has 0 spiro atoms. The molecule has 4 fully saturated rings. The Bertz CT molecular complexity index is 2870. The molecule has 1 N–H and O–H groups in total. The molecule has 0 radical (unpaired) electrons. The number of carbonyl (C=O) groups excluding carboxylic acids is 2. The second-order valence-electron chi connectivity index (χ2n) is 18.2. The Kier molecular flexibility index (Phi) is 22.9. The number of halogens is 14. The Labute approximate surface area is 455 Å². The quantitative estimate of drug-likeness (QED) is 0.112. The van der Waals surface area contributed by atoms with Crippen molar-refractivity contribution in [1.29, 1.82) is 0 Å². The average Bonchev–Trinajstić information content (AvgIpc) is 4.02. The van der Waals surface area contributed by atoms with Gasteiger partial charge in [0.05, 0.1) is 56.6 Å². The van der Waals surface area contributed by atoms with Gasteiger partial charge in [-0.3, -0.25) is 29.0 Å². The molecular weight excluding hydrogens is 1200 g/mol. The number of ketones is 2. The number of hydrogen-bond donors (Lipinski definition) is 1. The monoisotopic (exact) mass is 1250 g/mol. The van der Waals surface area contributed by atoms with Gasteiger partial charge >= 0.3 is 12.7 Å². The number of sulfonamides is 2. The fourth-order valence-electron chi connectivity index (χ4n) is 8.89. The molecule has 4 atom stereocenters. The third-order valence-corrected chi connectivity index (χ3v) is 17.1. The summed E-state index contributed by atoms with van der Waals surface area (Å²) in [4.78, 5) is 34.5. The topological polar surface area (TPSA) is 168 Å². The zero-order valence-corrected chi connectivity index (χ0v) is 44.9. The Hall–Kier alpha value is -4.49. The van der Waals surface area contributed by atoms with Crippen LogP contribution in [0.4, 0.5) is 58.4 Å². The van der Waals surface area contributed by atoms with Gasteiger partial charge < -0.3 is 10.2 Å². The van der Waals surface area contributed by atoms with Crippen LogP contribution >= 0.6 is 28.3 Å². The van der Waals surface area contributed by atoms with E-state index < -0.39 is 117 Å². The number of ether oxygens (including phenoxy) is 2. The smallest absolute Gasteiger partial charge is 0.369 e. The molecule has 4 aliphatic heterocycles. The molecular formula is C48H52BrClF12N6O8S2. The molecule has 2 aromatic carbocycles. The van der Waals surface area contributed by atoms with Crippen molar-refractivity contribution in [2.75, 3.05) is 44.2 Å². The summed E-state index contributed by atoms with van der Waals surface area (Å²) >= 11 is 3.03. The molecule has 0 unspecified atom stereocenters. The maximum atomic E-state index is 14.5. The lowest BCUT2D eigenvalue weighted by Gasteiger charge is -2.33. The summed E-state index contributed by atoms with van der Waals surface area (Å²) in [6, 6.07) is 8.56. The second kappa shape index (κ2) is 27.8. The van der Waals surface area contributed by atoms with Gasteiger partial charge in [-0.25, -0.2) is 43.2 Å². The van der Waals surface area contributed by atoms with Crippen LogP contribution in [0.1, 0.15) is 62.8 Å². The van der Waals surface area contributed by atoms with Crippen LogP contribution in [0, 0.1) is 23.3 Å². The molecule has 4 aromatic rings. The molecule has 78 heavy (non-hydrogen) atoms. The van der Waals surface area contributed by atoms with E-state index in [0.29, 0.717) is 37.3 Å². The Morgan fingerprint density at radius 1 is 0.628 bits per heavy atom. The fraction of sp³-hybridized carbons (Fsp3) is 0.500. The highest BCUT2D eigenvalue weighted by Crippen LogP contribution is 2.33. The number of benzene rings is 2. The van der Waals surface area contributed by atoms with E-state index in [1.54, 1.807) is 4.90 Å². The second-order valence-corrected chi connectivity index (χ2v) is 22.8. The van der Waals surface area contributed by atoms with Gasteiger partial charge in [0.1, 0.15) is 24.0 Å². The third-order valence-electron chi connectivity index (χ3n) is 12.7. The van der Waals surface area contributed by atoms with Crippen LogP contribution in [0.25, 0.3) is 0 Å². The van der Waals surface area contributed by atoms with Gasteiger partial charge in [-0.05, 0) is 128 Å². The first kappa shape index (κ1) is 64.3. The molecule has 0 aliphatic carbocycles. The molecule has 0 amide bonds. The van der Waals surface area contributed by atoms with Crippen molar-refractivity contribution >= 4 is 65.6 Å². The van der Waals surface area contributed by atoms with E-state index in [2.05, 4.69) is 40.7 Å². The van der Waals surface area contributed by atoms with Crippen molar-refractivity contribution in [3.8, 4) is 0 Å². The number of carbonyl (C=O) groups is 2. The number of anilines is 1. The minimum atomic E-state index is -4.75. The number of nitrogens with zero attached hydrogens (tertiary/aromatic N) is 5. The van der Waals surface area contributed by atoms with Crippen molar-refractivity contribution in [3.05, 3.63) is 112 Å². The summed E-state index contributed by atoms with van der Waals surface area (Å²) in [5.74, 6) is -3.46. The molecule has 0 saturated carbocycles. The summed E-state index contributed by atoms with van der Waals surface area (Å²) in [7, 11) is -8.40. The van der Waals surface area contributed by atoms with Crippen LogP contribution < -0.4 is 10.2 Å². The predicted molar refractivity (Wildman–Crippen MR) is 263 cm³/mol. The predicted octanol–water partition coefficient (Wildman–Crippen LogP) is 9.29. The van der Waals surface area contributed by atoms with E-state index in [1.165, 1.54) is 12.1 Å². The number of aryl methyl sites for hydroxylation is 2. The fourth-order valence-corrected chi connectivity index (χ4v) is 12.6. The van der Waals surface area contributed by atoms with Gasteiger partial charge in [-0.1, -0.05) is 0 Å². The molecule has 4 aliphatic rings. The zero-order chi connectivity index (χ0) is 56.5. The normalized spacial score (nSPS) is 21.0. The summed E-state index contributed by atoms with van der Waals surface area (Å²) in [5, 5.41) is 2.95. The zero-order valence-electron chi connectivity index (χ0n) is 40.8. The molecule has 6 heterocycles. The maximum Gasteiger partial charge on any atom is 0.522 e. The van der Waals surface area contributed by atoms with Crippen LogP contribution in [0.3, 0.4) is 0 Å². The highest BCUT2D eigenvalue weighted by Gasteiger charge is 2.45. The van der Waals surface area contributed by atoms with E-state index in [4.69, 9.17) is 0 Å². The third kappa shape index (κ3) is 18.3. The molecule has 432 valence electrons. The lowest BCUT2D eigenvalue weighted by molar-refractivity contribution is -0.345. The van der Waals surface area contributed by atoms with E-state index >= 15 is 0 Å². The molecule has 8 rings (SSSR count). The van der Waals surface area contributed by atoms with Gasteiger partial charge in [-0.2, -0.15) is 8.61 Å². The van der Waals surface area contributed by atoms with Crippen LogP contribution in [-0.4, -0.2) is 136 Å². The average molecular weight is 1250 g/mol. The highest BCUT2D eigenvalue weighted by molar-refractivity contribution is 9.10. The van der Waals surface area contributed by atoms with Crippen molar-refractivity contribution in [2.24, 2.45) is 0 Å². The van der Waals surface area contributed by atoms with Crippen molar-refractivity contribution in [2.45, 2.75) is 123 Å². The standard InChI is InChI=1S/C24H25F6N3O4S.C18H16BrF3N2O3S.C6H10F3NO.ClH/c25-15-1-4-19(5-2-15)38(35,36)33-14-16(26)11-22(33)23(34)6-3-17-12-21(20(27)13-31-17)32-9-7-18(8-10-32)37-24(28,29)30;19-15-8-13(23-9-16(15)22)3-6-18(25)17-7-12(21)10-24(17)28(26,27)14-4-1-11(20)2-5-14;7-6(8,9)11-5-1-3-10-4-2-5;/h1-2,4-5,12-13,16,18,22H,3,6-11,14H2;1-2,4-5,8-9,12,17H,3,6-7,10H2;5,10H,1-4H2;1H/t16-,22+;12-,17+;;/m11../s1. The van der Waals surface area contributed by atoms with Gasteiger partial charge in [0.25, 0.3) is 0 Å². The Balaban J connectivity index is 0.000000245. The van der Waals surface area contributed by atoms with E-state index in [1.807, 2.05) is 0 Å². The minimum Gasteiger partial charge on any atom is -0.369 e. The highest BCUT2D eigenvalue weighted by atomic mass is 79.9. The van der Waals surface area contributed by atoms with Crippen molar-refractivity contribution < 1.29 is 88.6 Å². The number of nitrogens with one attached hydrogen (secondary N) is 1. The van der Waals surface area contributed by atoms with E-state index in [9.17, 15) is 79.1 Å².